The Balaban J connectivity index is 0.000000197. The average molecular weight is 697 g/mol. The van der Waals surface area contributed by atoms with Crippen LogP contribution in [-0.4, -0.2) is 118 Å². The number of phenolic OH excluding ortho intramolecular Hbond substituents is 1. The molecule has 0 aromatic heterocycles. The minimum absolute atomic E-state index is 0.259. The predicted molar refractivity (Wildman–Crippen MR) is 201 cm³/mol. The molecule has 9 heteroatoms. The van der Waals surface area contributed by atoms with E-state index in [4.69, 9.17) is 14.2 Å². The number of aromatic hydroxyl groups is 1. The van der Waals surface area contributed by atoms with Gasteiger partial charge in [-0.05, 0) is 97.1 Å². The van der Waals surface area contributed by atoms with Gasteiger partial charge in [0.15, 0.2) is 23.0 Å². The second kappa shape index (κ2) is 16.0. The molecule has 0 saturated carbocycles. The first kappa shape index (κ1) is 38.6. The van der Waals surface area contributed by atoms with Crippen LogP contribution in [-0.2, 0) is 12.8 Å². The Labute approximate surface area is 301 Å². The number of piperazine rings is 2. The highest BCUT2D eigenvalue weighted by Crippen LogP contribution is 2.42. The number of hydrogen-bond donors (Lipinski definition) is 1. The molecule has 4 aliphatic rings. The molecule has 1 N–H and O–H groups in total. The third-order valence-electron chi connectivity index (χ3n) is 11.1. The lowest BCUT2D eigenvalue weighted by atomic mass is 9.84. The third kappa shape index (κ3) is 9.25. The molecule has 0 spiro atoms. The fraction of sp³-hybridized carbons (Fsp3) is 0.707. The Morgan fingerprint density at radius 2 is 1.18 bits per heavy atom. The van der Waals surface area contributed by atoms with Gasteiger partial charge in [0.2, 0.25) is 0 Å². The van der Waals surface area contributed by atoms with Crippen LogP contribution in [0.15, 0.2) is 24.3 Å². The molecule has 2 aromatic carbocycles. The maximum Gasteiger partial charge on any atom is 0.161 e. The molecular formula is C41H65FN4O4. The molecule has 4 heterocycles. The average Bonchev–Trinajstić information content (AvgIpc) is 3.04. The zero-order chi connectivity index (χ0) is 36.4. The van der Waals surface area contributed by atoms with Crippen molar-refractivity contribution in [3.63, 3.8) is 0 Å². The minimum Gasteiger partial charge on any atom is -0.504 e. The van der Waals surface area contributed by atoms with Gasteiger partial charge in [-0.1, -0.05) is 41.5 Å². The molecule has 8 nitrogen and oxygen atoms in total. The Kier molecular flexibility index (Phi) is 12.3. The summed E-state index contributed by atoms with van der Waals surface area (Å²) in [5.41, 5.74) is 5.99. The quantitative estimate of drug-likeness (QED) is 0.293. The van der Waals surface area contributed by atoms with E-state index in [1.807, 2.05) is 12.1 Å². The highest BCUT2D eigenvalue weighted by molar-refractivity contribution is 5.50. The predicted octanol–water partition coefficient (Wildman–Crippen LogP) is 7.13. The lowest BCUT2D eigenvalue weighted by Crippen LogP contribution is -2.55. The summed E-state index contributed by atoms with van der Waals surface area (Å²) < 4.78 is 29.1. The molecule has 0 unspecified atom stereocenters. The number of methoxy groups -OCH3 is 2. The lowest BCUT2D eigenvalue weighted by Gasteiger charge is -2.49. The molecule has 0 radical (unpaired) electrons. The van der Waals surface area contributed by atoms with E-state index in [-0.39, 0.29) is 12.4 Å². The van der Waals surface area contributed by atoms with Gasteiger partial charge in [-0.25, -0.2) is 0 Å². The summed E-state index contributed by atoms with van der Waals surface area (Å²) in [7, 11) is 7.80. The van der Waals surface area contributed by atoms with Crippen LogP contribution in [0.3, 0.4) is 0 Å². The zero-order valence-electron chi connectivity index (χ0n) is 32.6. The number of hydrogen-bond acceptors (Lipinski definition) is 8. The number of fused-ring (bicyclic) bond motifs is 6. The van der Waals surface area contributed by atoms with E-state index in [2.05, 4.69) is 87.4 Å². The Hall–Kier alpha value is -2.59. The van der Waals surface area contributed by atoms with E-state index >= 15 is 0 Å². The summed E-state index contributed by atoms with van der Waals surface area (Å²) in [6, 6.07) is 10.2. The molecule has 0 amide bonds. The van der Waals surface area contributed by atoms with E-state index < -0.39 is 0 Å². The van der Waals surface area contributed by atoms with Gasteiger partial charge in [0.25, 0.3) is 0 Å². The highest BCUT2D eigenvalue weighted by Gasteiger charge is 2.39. The van der Waals surface area contributed by atoms with Crippen LogP contribution in [0.2, 0.25) is 0 Å². The van der Waals surface area contributed by atoms with Crippen LogP contribution in [0.1, 0.15) is 95.1 Å². The number of rotatable bonds is 8. The largest absolute Gasteiger partial charge is 0.504 e. The number of likely N-dealkylation sites (N-methyl/N-ethyl adjacent to an activating group) is 2. The van der Waals surface area contributed by atoms with Crippen molar-refractivity contribution < 1.29 is 23.7 Å². The molecule has 4 atom stereocenters. The van der Waals surface area contributed by atoms with E-state index in [0.717, 1.165) is 63.6 Å². The Bertz CT molecular complexity index is 1440. The summed E-state index contributed by atoms with van der Waals surface area (Å²) in [6.07, 6.45) is 4.88. The Morgan fingerprint density at radius 1 is 0.700 bits per heavy atom. The van der Waals surface area contributed by atoms with E-state index in [1.165, 1.54) is 35.1 Å². The van der Waals surface area contributed by atoms with Crippen molar-refractivity contribution in [2.75, 3.05) is 80.9 Å². The fourth-order valence-corrected chi connectivity index (χ4v) is 8.59. The second-order valence-corrected chi connectivity index (χ2v) is 17.6. The smallest absolute Gasteiger partial charge is 0.161 e. The normalized spacial score (nSPS) is 24.6. The van der Waals surface area contributed by atoms with Crippen molar-refractivity contribution >= 4 is 0 Å². The first-order valence-corrected chi connectivity index (χ1v) is 18.8. The van der Waals surface area contributed by atoms with E-state index in [0.29, 0.717) is 53.8 Å². The molecule has 6 rings (SSSR count). The van der Waals surface area contributed by atoms with Crippen LogP contribution in [0.5, 0.6) is 23.0 Å². The number of phenols is 1. The van der Waals surface area contributed by atoms with Gasteiger partial charge < -0.3 is 29.1 Å². The van der Waals surface area contributed by atoms with Gasteiger partial charge in [-0.2, -0.15) is 0 Å². The summed E-state index contributed by atoms with van der Waals surface area (Å²) in [4.78, 5) is 10.3. The molecule has 50 heavy (non-hydrogen) atoms. The SMILES string of the molecule is COc1cc2c(cc1O)CCN1C[C@@H](CC(C)(C)C)N(C)C[C@H]21.COc1cc2c(cc1OCCCF)CCN1C[C@@H](CC(C)(C)C)N(C)C[C@H]21. The maximum atomic E-state index is 12.4. The molecule has 2 fully saturated rings. The molecular weight excluding hydrogens is 631 g/mol. The van der Waals surface area contributed by atoms with Crippen molar-refractivity contribution in [2.24, 2.45) is 10.8 Å². The minimum atomic E-state index is -0.355. The van der Waals surface area contributed by atoms with Gasteiger partial charge in [-0.3, -0.25) is 14.2 Å². The molecule has 0 aliphatic carbocycles. The summed E-state index contributed by atoms with van der Waals surface area (Å²) in [5, 5.41) is 10.0. The number of benzene rings is 2. The van der Waals surface area contributed by atoms with Crippen molar-refractivity contribution in [3.8, 4) is 23.0 Å². The monoisotopic (exact) mass is 696 g/mol. The summed E-state index contributed by atoms with van der Waals surface area (Å²) in [5.74, 6) is 2.35. The molecule has 2 saturated heterocycles. The Morgan fingerprint density at radius 3 is 1.64 bits per heavy atom. The molecule has 4 aliphatic heterocycles. The fourth-order valence-electron chi connectivity index (χ4n) is 8.59. The van der Waals surface area contributed by atoms with Gasteiger partial charge >= 0.3 is 0 Å². The third-order valence-corrected chi connectivity index (χ3v) is 11.1. The molecule has 280 valence electrons. The summed E-state index contributed by atoms with van der Waals surface area (Å²) in [6.45, 7) is 20.5. The standard InChI is InChI=1S/C22H35FN2O2.C19H30N2O2/c1-22(2,3)13-17-14-25-9-7-16-11-21(27-10-6-8-23)20(26-5)12-18(16)19(25)15-24(17)4;1-19(2,3)10-14-11-21-7-6-13-8-17(22)18(23-5)9-15(13)16(21)12-20(14)4/h11-12,17,19H,6-10,13-15H2,1-5H3;8-9,14,16,22H,6-7,10-12H2,1-5H3/t17-,19-;14-,16-/m11/s1. The number of alkyl halides is 1. The van der Waals surface area contributed by atoms with Crippen molar-refractivity contribution in [1.29, 1.82) is 0 Å². The van der Waals surface area contributed by atoms with E-state index in [9.17, 15) is 9.50 Å². The van der Waals surface area contributed by atoms with Crippen molar-refractivity contribution in [2.45, 2.75) is 97.8 Å². The van der Waals surface area contributed by atoms with Gasteiger partial charge in [0.1, 0.15) is 0 Å². The van der Waals surface area contributed by atoms with Crippen LogP contribution in [0.25, 0.3) is 0 Å². The number of nitrogens with zero attached hydrogens (tertiary/aromatic N) is 4. The number of halogens is 1. The van der Waals surface area contributed by atoms with Crippen LogP contribution >= 0.6 is 0 Å². The zero-order valence-corrected chi connectivity index (χ0v) is 32.6. The maximum absolute atomic E-state index is 12.4. The van der Waals surface area contributed by atoms with Crippen LogP contribution in [0, 0.1) is 10.8 Å². The van der Waals surface area contributed by atoms with Crippen molar-refractivity contribution in [3.05, 3.63) is 46.5 Å². The van der Waals surface area contributed by atoms with Crippen molar-refractivity contribution in [1.82, 2.24) is 19.6 Å². The van der Waals surface area contributed by atoms with Crippen LogP contribution in [0.4, 0.5) is 4.39 Å². The first-order chi connectivity index (χ1) is 23.6. The molecule has 0 bridgehead atoms. The van der Waals surface area contributed by atoms with Gasteiger partial charge in [0.05, 0.1) is 27.5 Å². The highest BCUT2D eigenvalue weighted by atomic mass is 19.1. The van der Waals surface area contributed by atoms with Crippen LogP contribution < -0.4 is 14.2 Å². The summed E-state index contributed by atoms with van der Waals surface area (Å²) >= 11 is 0. The molecule has 2 aromatic rings. The lowest BCUT2D eigenvalue weighted by molar-refractivity contribution is 0.0213. The topological polar surface area (TPSA) is 60.9 Å². The second-order valence-electron chi connectivity index (χ2n) is 17.6. The van der Waals surface area contributed by atoms with E-state index in [1.54, 1.807) is 14.2 Å². The van der Waals surface area contributed by atoms with Gasteiger partial charge in [-0.15, -0.1) is 0 Å². The van der Waals surface area contributed by atoms with Gasteiger partial charge in [0, 0.05) is 69.9 Å². The number of ether oxygens (including phenoxy) is 3. The first-order valence-electron chi connectivity index (χ1n) is 18.8.